The highest BCUT2D eigenvalue weighted by molar-refractivity contribution is 6.05. The Morgan fingerprint density at radius 1 is 0.974 bits per heavy atom. The minimum absolute atomic E-state index is 0.0273. The molecule has 3 amide bonds. The lowest BCUT2D eigenvalue weighted by Gasteiger charge is -2.34. The quantitative estimate of drug-likeness (QED) is 0.194. The highest BCUT2D eigenvalue weighted by Gasteiger charge is 2.32. The molecule has 0 radical (unpaired) electrons. The highest BCUT2D eigenvalue weighted by Crippen LogP contribution is 2.17. The molecule has 12 heteroatoms. The number of benzene rings is 1. The fourth-order valence-electron chi connectivity index (χ4n) is 3.54. The molecule has 0 aromatic heterocycles. The number of ether oxygens (including phenoxy) is 2. The van der Waals surface area contributed by atoms with Gasteiger partial charge in [0.15, 0.2) is 0 Å². The monoisotopic (exact) mass is 548 g/mol. The molecule has 12 nitrogen and oxygen atoms in total. The van der Waals surface area contributed by atoms with Gasteiger partial charge in [-0.05, 0) is 66.5 Å². The van der Waals surface area contributed by atoms with Crippen LogP contribution < -0.4 is 10.6 Å². The average Bonchev–Trinajstić information content (AvgIpc) is 2.83. The summed E-state index contributed by atoms with van der Waals surface area (Å²) in [6.45, 7) is 12.7. The topological polar surface area (TPSA) is 156 Å². The van der Waals surface area contributed by atoms with Crippen LogP contribution in [0.2, 0.25) is 0 Å². The normalized spacial score (nSPS) is 15.2. The van der Waals surface area contributed by atoms with Crippen LogP contribution in [0.4, 0.5) is 4.79 Å². The van der Waals surface area contributed by atoms with Gasteiger partial charge in [-0.1, -0.05) is 12.1 Å². The molecule has 1 saturated heterocycles. The third kappa shape index (κ3) is 11.4. The standard InChI is InChI=1S/C27H40N4O8/c1-17(32)38-39-20-12-14-31(15-13-20)24(34)21(16-36-26(2,3)4)29-23(33)19-10-8-18(9-11-19)22(28)30-25(35)37-27(5,6)7/h8-11,20-21H,12-16H2,1-7H3,(H,29,33)(H2,28,30,35)/t21-/m0/s1. The molecule has 1 fully saturated rings. The van der Waals surface area contributed by atoms with E-state index in [0.29, 0.717) is 31.5 Å². The van der Waals surface area contributed by atoms with Gasteiger partial charge in [-0.3, -0.25) is 25.2 Å². The molecule has 39 heavy (non-hydrogen) atoms. The fourth-order valence-corrected chi connectivity index (χ4v) is 3.54. The second-order valence-corrected chi connectivity index (χ2v) is 11.2. The molecule has 0 spiro atoms. The Morgan fingerprint density at radius 2 is 1.54 bits per heavy atom. The Hall–Kier alpha value is -3.51. The van der Waals surface area contributed by atoms with Crippen molar-refractivity contribution in [1.82, 2.24) is 15.5 Å². The number of likely N-dealkylation sites (tertiary alicyclic amines) is 1. The van der Waals surface area contributed by atoms with Crippen LogP contribution in [0.1, 0.15) is 77.2 Å². The van der Waals surface area contributed by atoms with Crippen LogP contribution in [0.5, 0.6) is 0 Å². The molecule has 3 N–H and O–H groups in total. The molecule has 1 atom stereocenters. The van der Waals surface area contributed by atoms with Crippen molar-refractivity contribution in [1.29, 1.82) is 5.41 Å². The number of nitrogens with one attached hydrogen (secondary N) is 3. The Kier molecular flexibility index (Phi) is 11.0. The predicted molar refractivity (Wildman–Crippen MR) is 142 cm³/mol. The van der Waals surface area contributed by atoms with Crippen LogP contribution in [-0.2, 0) is 28.8 Å². The number of alkyl carbamates (subject to hydrolysis) is 1. The van der Waals surface area contributed by atoms with Gasteiger partial charge < -0.3 is 19.7 Å². The molecule has 0 bridgehead atoms. The smallest absolute Gasteiger partial charge is 0.413 e. The van der Waals surface area contributed by atoms with Gasteiger partial charge in [0.25, 0.3) is 5.91 Å². The predicted octanol–water partition coefficient (Wildman–Crippen LogP) is 2.94. The summed E-state index contributed by atoms with van der Waals surface area (Å²) >= 11 is 0. The molecule has 0 aliphatic carbocycles. The number of amidine groups is 1. The van der Waals surface area contributed by atoms with Crippen molar-refractivity contribution in [3.05, 3.63) is 35.4 Å². The van der Waals surface area contributed by atoms with Crippen LogP contribution in [0.15, 0.2) is 24.3 Å². The van der Waals surface area contributed by atoms with Crippen molar-refractivity contribution in [2.24, 2.45) is 0 Å². The van der Waals surface area contributed by atoms with Crippen LogP contribution in [-0.4, -0.2) is 77.7 Å². The van der Waals surface area contributed by atoms with Gasteiger partial charge in [0.1, 0.15) is 23.6 Å². The minimum atomic E-state index is -0.936. The number of carbonyl (C=O) groups is 4. The van der Waals surface area contributed by atoms with Crippen molar-refractivity contribution in [2.45, 2.75) is 84.7 Å². The van der Waals surface area contributed by atoms with Crippen molar-refractivity contribution in [3.63, 3.8) is 0 Å². The fraction of sp³-hybridized carbons (Fsp3) is 0.593. The third-order valence-corrected chi connectivity index (χ3v) is 5.40. The summed E-state index contributed by atoms with van der Waals surface area (Å²) < 4.78 is 11.0. The zero-order valence-electron chi connectivity index (χ0n) is 23.7. The molecule has 1 aromatic carbocycles. The summed E-state index contributed by atoms with van der Waals surface area (Å²) in [7, 11) is 0. The number of amides is 3. The first-order chi connectivity index (χ1) is 18.0. The van der Waals surface area contributed by atoms with E-state index in [9.17, 15) is 19.2 Å². The summed E-state index contributed by atoms with van der Waals surface area (Å²) in [5.74, 6) is -1.50. The third-order valence-electron chi connectivity index (χ3n) is 5.40. The molecule has 216 valence electrons. The Labute approximate surface area is 229 Å². The van der Waals surface area contributed by atoms with Gasteiger partial charge in [-0.25, -0.2) is 9.59 Å². The molecular formula is C27H40N4O8. The first-order valence-corrected chi connectivity index (χ1v) is 12.8. The zero-order chi connectivity index (χ0) is 29.4. The van der Waals surface area contributed by atoms with Crippen LogP contribution in [0.25, 0.3) is 0 Å². The van der Waals surface area contributed by atoms with Crippen molar-refractivity contribution >= 4 is 29.7 Å². The second-order valence-electron chi connectivity index (χ2n) is 11.2. The summed E-state index contributed by atoms with van der Waals surface area (Å²) in [6, 6.07) is 5.10. The van der Waals surface area contributed by atoms with Crippen molar-refractivity contribution < 1.29 is 38.4 Å². The van der Waals surface area contributed by atoms with Gasteiger partial charge in [-0.15, -0.1) is 0 Å². The highest BCUT2D eigenvalue weighted by atomic mass is 17.2. The van der Waals surface area contributed by atoms with Crippen molar-refractivity contribution in [2.75, 3.05) is 19.7 Å². The molecule has 1 aliphatic rings. The van der Waals surface area contributed by atoms with Gasteiger partial charge in [0, 0.05) is 31.1 Å². The van der Waals surface area contributed by atoms with E-state index in [1.54, 1.807) is 25.7 Å². The van der Waals surface area contributed by atoms with E-state index in [1.165, 1.54) is 31.2 Å². The maximum absolute atomic E-state index is 13.3. The summed E-state index contributed by atoms with van der Waals surface area (Å²) in [6.07, 6.45) is -0.106. The second kappa shape index (κ2) is 13.5. The van der Waals surface area contributed by atoms with Gasteiger partial charge in [0.2, 0.25) is 5.91 Å². The number of rotatable bonds is 8. The summed E-state index contributed by atoms with van der Waals surface area (Å²) in [4.78, 5) is 60.6. The van der Waals surface area contributed by atoms with Gasteiger partial charge in [-0.2, -0.15) is 4.89 Å². The molecular weight excluding hydrogens is 508 g/mol. The largest absolute Gasteiger partial charge is 0.444 e. The summed E-state index contributed by atoms with van der Waals surface area (Å²) in [5.41, 5.74) is -0.590. The molecule has 1 aromatic rings. The Bertz CT molecular complexity index is 1040. The van der Waals surface area contributed by atoms with Crippen LogP contribution in [0.3, 0.4) is 0 Å². The molecule has 1 heterocycles. The number of piperidine rings is 1. The summed E-state index contributed by atoms with van der Waals surface area (Å²) in [5, 5.41) is 13.2. The van der Waals surface area contributed by atoms with Gasteiger partial charge >= 0.3 is 12.1 Å². The van der Waals surface area contributed by atoms with E-state index < -0.39 is 35.2 Å². The molecule has 0 unspecified atom stereocenters. The van der Waals surface area contributed by atoms with Crippen LogP contribution in [0, 0.1) is 5.41 Å². The number of carbonyl (C=O) groups excluding carboxylic acids is 4. The minimum Gasteiger partial charge on any atom is -0.444 e. The molecule has 0 saturated carbocycles. The average molecular weight is 549 g/mol. The first-order valence-electron chi connectivity index (χ1n) is 12.8. The van der Waals surface area contributed by atoms with E-state index in [4.69, 9.17) is 19.8 Å². The van der Waals surface area contributed by atoms with E-state index in [-0.39, 0.29) is 30.0 Å². The maximum Gasteiger partial charge on any atom is 0.413 e. The SMILES string of the molecule is CC(=O)OOC1CCN(C(=O)[C@H](COC(C)(C)C)NC(=O)c2ccc(C(=N)NC(=O)OC(C)(C)C)cc2)CC1. The maximum atomic E-state index is 13.3. The Morgan fingerprint density at radius 3 is 2.05 bits per heavy atom. The zero-order valence-corrected chi connectivity index (χ0v) is 23.7. The number of hydrogen-bond acceptors (Lipinski definition) is 9. The van der Waals surface area contributed by atoms with E-state index in [0.717, 1.165) is 0 Å². The lowest BCUT2D eigenvalue weighted by Crippen LogP contribution is -2.54. The van der Waals surface area contributed by atoms with Gasteiger partial charge in [0.05, 0.1) is 12.2 Å². The van der Waals surface area contributed by atoms with E-state index in [2.05, 4.69) is 15.5 Å². The Balaban J connectivity index is 2.03. The number of hydrogen-bond donors (Lipinski definition) is 3. The van der Waals surface area contributed by atoms with Crippen molar-refractivity contribution in [3.8, 4) is 0 Å². The van der Waals surface area contributed by atoms with Crippen LogP contribution >= 0.6 is 0 Å². The molecule has 1 aliphatic heterocycles. The van der Waals surface area contributed by atoms with E-state index >= 15 is 0 Å². The number of nitrogens with zero attached hydrogens (tertiary/aromatic N) is 1. The lowest BCUT2D eigenvalue weighted by molar-refractivity contribution is -0.301. The first kappa shape index (κ1) is 31.7. The van der Waals surface area contributed by atoms with E-state index in [1.807, 2.05) is 20.8 Å². The molecule has 2 rings (SSSR count). The lowest BCUT2D eigenvalue weighted by atomic mass is 10.1.